The van der Waals surface area contributed by atoms with Gasteiger partial charge in [-0.15, -0.1) is 0 Å². The summed E-state index contributed by atoms with van der Waals surface area (Å²) in [6.45, 7) is 2.81. The minimum Gasteiger partial charge on any atom is -0.481 e. The molecular formula is C11H18N4O3. The van der Waals surface area contributed by atoms with Gasteiger partial charge in [-0.2, -0.15) is 0 Å². The van der Waals surface area contributed by atoms with E-state index in [0.29, 0.717) is 13.1 Å². The fraction of sp³-hybridized carbons (Fsp3) is 0.545. The molecule has 0 saturated heterocycles. The molecule has 1 rings (SSSR count). The zero-order valence-electron chi connectivity index (χ0n) is 10.6. The molecule has 0 aliphatic carbocycles. The number of imidazole rings is 1. The largest absolute Gasteiger partial charge is 0.481 e. The van der Waals surface area contributed by atoms with Crippen LogP contribution in [-0.4, -0.2) is 44.6 Å². The Kier molecular flexibility index (Phi) is 5.16. The smallest absolute Gasteiger partial charge is 0.317 e. The molecule has 0 fully saturated rings. The minimum atomic E-state index is -0.912. The lowest BCUT2D eigenvalue weighted by Gasteiger charge is -2.20. The van der Waals surface area contributed by atoms with Gasteiger partial charge in [0.05, 0.1) is 13.0 Å². The summed E-state index contributed by atoms with van der Waals surface area (Å²) >= 11 is 0. The average Bonchev–Trinajstić information content (AvgIpc) is 2.72. The van der Waals surface area contributed by atoms with E-state index in [4.69, 9.17) is 5.11 Å². The van der Waals surface area contributed by atoms with Gasteiger partial charge in [-0.1, -0.05) is 0 Å². The SMILES string of the molecule is CCN(CCC(=O)O)C(=O)NCc1nccn1C. The van der Waals surface area contributed by atoms with E-state index in [2.05, 4.69) is 10.3 Å². The molecule has 0 unspecified atom stereocenters. The predicted molar refractivity (Wildman–Crippen MR) is 64.9 cm³/mol. The lowest BCUT2D eigenvalue weighted by Crippen LogP contribution is -2.40. The van der Waals surface area contributed by atoms with E-state index in [1.165, 1.54) is 4.90 Å². The van der Waals surface area contributed by atoms with Crippen LogP contribution in [0.25, 0.3) is 0 Å². The molecule has 1 aromatic heterocycles. The molecule has 2 N–H and O–H groups in total. The third-order valence-electron chi connectivity index (χ3n) is 2.58. The van der Waals surface area contributed by atoms with Gasteiger partial charge in [0.15, 0.2) is 0 Å². The Labute approximate surface area is 105 Å². The maximum Gasteiger partial charge on any atom is 0.317 e. The molecule has 7 nitrogen and oxygen atoms in total. The van der Waals surface area contributed by atoms with E-state index >= 15 is 0 Å². The maximum absolute atomic E-state index is 11.8. The number of nitrogens with zero attached hydrogens (tertiary/aromatic N) is 3. The Hall–Kier alpha value is -2.05. The van der Waals surface area contributed by atoms with E-state index in [-0.39, 0.29) is 19.0 Å². The van der Waals surface area contributed by atoms with Crippen LogP contribution >= 0.6 is 0 Å². The number of carboxylic acid groups (broad SMARTS) is 1. The molecule has 0 bridgehead atoms. The summed E-state index contributed by atoms with van der Waals surface area (Å²) in [4.78, 5) is 27.8. The van der Waals surface area contributed by atoms with Gasteiger partial charge >= 0.3 is 12.0 Å². The standard InChI is InChI=1S/C11H18N4O3/c1-3-15(6-4-10(16)17)11(18)13-8-9-12-5-7-14(9)2/h5,7H,3-4,6,8H2,1-2H3,(H,13,18)(H,16,17). The normalized spacial score (nSPS) is 10.1. The molecule has 0 spiro atoms. The van der Waals surface area contributed by atoms with E-state index in [1.807, 2.05) is 18.5 Å². The topological polar surface area (TPSA) is 87.5 Å². The van der Waals surface area contributed by atoms with Gasteiger partial charge in [-0.05, 0) is 6.92 Å². The Morgan fingerprint density at radius 2 is 2.28 bits per heavy atom. The zero-order chi connectivity index (χ0) is 13.5. The molecule has 0 aliphatic heterocycles. The number of carbonyl (C=O) groups is 2. The third-order valence-corrected chi connectivity index (χ3v) is 2.58. The molecule has 100 valence electrons. The van der Waals surface area contributed by atoms with Crippen LogP contribution in [0.2, 0.25) is 0 Å². The molecule has 0 aromatic carbocycles. The first-order chi connectivity index (χ1) is 8.54. The third kappa shape index (κ3) is 4.08. The van der Waals surface area contributed by atoms with Crippen LogP contribution in [0.15, 0.2) is 12.4 Å². The van der Waals surface area contributed by atoms with E-state index in [1.54, 1.807) is 12.4 Å². The van der Waals surface area contributed by atoms with Crippen molar-refractivity contribution < 1.29 is 14.7 Å². The number of carbonyl (C=O) groups excluding carboxylic acids is 1. The van der Waals surface area contributed by atoms with E-state index in [0.717, 1.165) is 5.82 Å². The quantitative estimate of drug-likeness (QED) is 0.770. The van der Waals surface area contributed by atoms with Crippen molar-refractivity contribution in [3.05, 3.63) is 18.2 Å². The second kappa shape index (κ2) is 6.63. The Morgan fingerprint density at radius 1 is 1.56 bits per heavy atom. The van der Waals surface area contributed by atoms with Gasteiger partial charge in [0, 0.05) is 32.5 Å². The highest BCUT2D eigenvalue weighted by Crippen LogP contribution is 1.96. The van der Waals surface area contributed by atoms with Crippen molar-refractivity contribution >= 4 is 12.0 Å². The van der Waals surface area contributed by atoms with Gasteiger partial charge in [0.25, 0.3) is 0 Å². The molecule has 0 radical (unpaired) electrons. The van der Waals surface area contributed by atoms with E-state index < -0.39 is 5.97 Å². The molecule has 18 heavy (non-hydrogen) atoms. The Balaban J connectivity index is 2.42. The molecule has 0 saturated carbocycles. The Bertz CT molecular complexity index is 416. The highest BCUT2D eigenvalue weighted by molar-refractivity contribution is 5.75. The monoisotopic (exact) mass is 254 g/mol. The van der Waals surface area contributed by atoms with Crippen LogP contribution in [-0.2, 0) is 18.4 Å². The molecule has 1 heterocycles. The predicted octanol–water partition coefficient (Wildman–Crippen LogP) is 0.426. The lowest BCUT2D eigenvalue weighted by atomic mass is 10.4. The summed E-state index contributed by atoms with van der Waals surface area (Å²) in [6, 6.07) is -0.276. The lowest BCUT2D eigenvalue weighted by molar-refractivity contribution is -0.137. The summed E-state index contributed by atoms with van der Waals surface area (Å²) < 4.78 is 1.81. The van der Waals surface area contributed by atoms with Crippen molar-refractivity contribution in [2.45, 2.75) is 19.9 Å². The number of hydrogen-bond donors (Lipinski definition) is 2. The number of aryl methyl sites for hydroxylation is 1. The molecule has 7 heteroatoms. The van der Waals surface area contributed by atoms with E-state index in [9.17, 15) is 9.59 Å². The van der Waals surface area contributed by atoms with Gasteiger partial charge in [-0.25, -0.2) is 9.78 Å². The Morgan fingerprint density at radius 3 is 2.78 bits per heavy atom. The van der Waals surface area contributed by atoms with Crippen LogP contribution in [0.5, 0.6) is 0 Å². The van der Waals surface area contributed by atoms with Gasteiger partial charge in [0.2, 0.25) is 0 Å². The summed E-state index contributed by atoms with van der Waals surface area (Å²) in [5.41, 5.74) is 0. The molecule has 0 atom stereocenters. The molecule has 1 aromatic rings. The summed E-state index contributed by atoms with van der Waals surface area (Å²) in [5.74, 6) is -0.164. The molecule has 2 amide bonds. The van der Waals surface area contributed by atoms with Crippen LogP contribution in [0.4, 0.5) is 4.79 Å². The number of carboxylic acids is 1. The highest BCUT2D eigenvalue weighted by Gasteiger charge is 2.13. The van der Waals surface area contributed by atoms with Crippen molar-refractivity contribution in [3.8, 4) is 0 Å². The summed E-state index contributed by atoms with van der Waals surface area (Å²) in [5, 5.41) is 11.3. The average molecular weight is 254 g/mol. The first kappa shape index (κ1) is 14.0. The number of urea groups is 1. The number of amides is 2. The van der Waals surface area contributed by atoms with Crippen LogP contribution in [0.1, 0.15) is 19.2 Å². The maximum atomic E-state index is 11.8. The second-order valence-electron chi connectivity index (χ2n) is 3.84. The number of hydrogen-bond acceptors (Lipinski definition) is 3. The van der Waals surface area contributed by atoms with Crippen molar-refractivity contribution in [2.24, 2.45) is 7.05 Å². The highest BCUT2D eigenvalue weighted by atomic mass is 16.4. The van der Waals surface area contributed by atoms with Crippen molar-refractivity contribution in [1.82, 2.24) is 19.8 Å². The summed E-state index contributed by atoms with van der Waals surface area (Å²) in [6.07, 6.45) is 3.40. The molecular weight excluding hydrogens is 236 g/mol. The first-order valence-corrected chi connectivity index (χ1v) is 5.75. The number of aliphatic carboxylic acids is 1. The van der Waals surface area contributed by atoms with Crippen molar-refractivity contribution in [3.63, 3.8) is 0 Å². The van der Waals surface area contributed by atoms with Crippen molar-refractivity contribution in [1.29, 1.82) is 0 Å². The van der Waals surface area contributed by atoms with Crippen LogP contribution in [0, 0.1) is 0 Å². The molecule has 0 aliphatic rings. The van der Waals surface area contributed by atoms with Crippen LogP contribution in [0.3, 0.4) is 0 Å². The van der Waals surface area contributed by atoms with Gasteiger partial charge in [-0.3, -0.25) is 4.79 Å². The fourth-order valence-corrected chi connectivity index (χ4v) is 1.47. The second-order valence-corrected chi connectivity index (χ2v) is 3.84. The number of aromatic nitrogens is 2. The van der Waals surface area contributed by atoms with Crippen LogP contribution < -0.4 is 5.32 Å². The number of rotatable bonds is 6. The number of nitrogens with one attached hydrogen (secondary N) is 1. The van der Waals surface area contributed by atoms with Gasteiger partial charge in [0.1, 0.15) is 5.82 Å². The summed E-state index contributed by atoms with van der Waals surface area (Å²) in [7, 11) is 1.84. The fourth-order valence-electron chi connectivity index (χ4n) is 1.47. The van der Waals surface area contributed by atoms with Gasteiger partial charge < -0.3 is 19.9 Å². The first-order valence-electron chi connectivity index (χ1n) is 5.75. The zero-order valence-corrected chi connectivity index (χ0v) is 10.6. The minimum absolute atomic E-state index is 0.0519. The van der Waals surface area contributed by atoms with Crippen molar-refractivity contribution in [2.75, 3.05) is 13.1 Å².